The van der Waals surface area contributed by atoms with Gasteiger partial charge in [0, 0.05) is 41.5 Å². The van der Waals surface area contributed by atoms with Crippen LogP contribution in [0.3, 0.4) is 0 Å². The fraction of sp³-hybridized carbons (Fsp3) is 0.522. The lowest BCUT2D eigenvalue weighted by Crippen LogP contribution is -2.37. The number of carbonyl (C=O) groups is 2. The average Bonchev–Trinajstić information content (AvgIpc) is 2.75. The van der Waals surface area contributed by atoms with E-state index in [0.29, 0.717) is 48.8 Å². The predicted molar refractivity (Wildman–Crippen MR) is 112 cm³/mol. The van der Waals surface area contributed by atoms with Gasteiger partial charge in [0.25, 0.3) is 0 Å². The molecule has 7 nitrogen and oxygen atoms in total. The highest BCUT2D eigenvalue weighted by atomic mass is 16.6. The van der Waals surface area contributed by atoms with Crippen LogP contribution in [0.4, 0.5) is 0 Å². The van der Waals surface area contributed by atoms with Gasteiger partial charge < -0.3 is 18.9 Å². The Labute approximate surface area is 177 Å². The summed E-state index contributed by atoms with van der Waals surface area (Å²) in [5.74, 6) is -0.588. The molecule has 0 N–H and O–H groups in total. The van der Waals surface area contributed by atoms with Gasteiger partial charge in [-0.15, -0.1) is 0 Å². The Morgan fingerprint density at radius 3 is 2.67 bits per heavy atom. The SMILES string of the molecule is CCOCCOC(=O)C1C(C)=NC2=C(C(=O)CCC2)[C@@H]1c1cccc(OC)c1OC. The van der Waals surface area contributed by atoms with E-state index < -0.39 is 17.8 Å². The van der Waals surface area contributed by atoms with Gasteiger partial charge in [0.15, 0.2) is 17.3 Å². The molecule has 0 bridgehead atoms. The van der Waals surface area contributed by atoms with Crippen LogP contribution >= 0.6 is 0 Å². The van der Waals surface area contributed by atoms with E-state index in [4.69, 9.17) is 18.9 Å². The molecule has 2 aliphatic rings. The molecule has 0 saturated heterocycles. The number of ketones is 1. The first-order chi connectivity index (χ1) is 14.5. The van der Waals surface area contributed by atoms with Gasteiger partial charge in [0.05, 0.1) is 20.8 Å². The summed E-state index contributed by atoms with van der Waals surface area (Å²) < 4.78 is 21.9. The number of para-hydroxylation sites is 1. The Hall–Kier alpha value is -2.67. The molecule has 0 aromatic heterocycles. The Morgan fingerprint density at radius 2 is 1.97 bits per heavy atom. The predicted octanol–water partition coefficient (Wildman–Crippen LogP) is 3.46. The van der Waals surface area contributed by atoms with Crippen LogP contribution in [-0.2, 0) is 19.1 Å². The van der Waals surface area contributed by atoms with Crippen molar-refractivity contribution in [2.45, 2.75) is 39.0 Å². The van der Waals surface area contributed by atoms with Crippen LogP contribution in [-0.4, -0.2) is 51.5 Å². The number of hydrogen-bond donors (Lipinski definition) is 0. The summed E-state index contributed by atoms with van der Waals surface area (Å²) in [6.07, 6.45) is 1.93. The molecule has 0 radical (unpaired) electrons. The number of ether oxygens (including phenoxy) is 4. The molecule has 3 rings (SSSR count). The van der Waals surface area contributed by atoms with Crippen molar-refractivity contribution in [1.82, 2.24) is 0 Å². The van der Waals surface area contributed by atoms with Gasteiger partial charge >= 0.3 is 5.97 Å². The minimum absolute atomic E-state index is 0.0227. The molecular formula is C23H29NO6. The first-order valence-electron chi connectivity index (χ1n) is 10.3. The van der Waals surface area contributed by atoms with Crippen molar-refractivity contribution >= 4 is 17.5 Å². The number of rotatable bonds is 8. The standard InChI is InChI=1S/C23H29NO6/c1-5-29-12-13-30-23(26)19-14(2)24-16-9-7-10-17(25)21(16)20(19)15-8-6-11-18(27-3)22(15)28-4/h6,8,11,19-20H,5,7,9-10,12-13H2,1-4H3/t19?,20-/m1/s1. The van der Waals surface area contributed by atoms with E-state index in [1.165, 1.54) is 0 Å². The highest BCUT2D eigenvalue weighted by molar-refractivity contribution is 6.09. The molecule has 0 saturated carbocycles. The largest absolute Gasteiger partial charge is 0.493 e. The number of methoxy groups -OCH3 is 2. The van der Waals surface area contributed by atoms with Gasteiger partial charge in [-0.1, -0.05) is 12.1 Å². The third kappa shape index (κ3) is 4.26. The van der Waals surface area contributed by atoms with Crippen LogP contribution in [0.1, 0.15) is 44.6 Å². The summed E-state index contributed by atoms with van der Waals surface area (Å²) >= 11 is 0. The number of aliphatic imine (C=N–C) groups is 1. The van der Waals surface area contributed by atoms with E-state index in [1.807, 2.05) is 26.0 Å². The normalized spacial score (nSPS) is 21.1. The van der Waals surface area contributed by atoms with E-state index in [-0.39, 0.29) is 12.4 Å². The van der Waals surface area contributed by atoms with Crippen LogP contribution in [0.2, 0.25) is 0 Å². The number of allylic oxidation sites excluding steroid dienone is 2. The fourth-order valence-electron chi connectivity index (χ4n) is 4.24. The number of nitrogens with zero attached hydrogens (tertiary/aromatic N) is 1. The van der Waals surface area contributed by atoms with Gasteiger partial charge in [-0.2, -0.15) is 0 Å². The Balaban J connectivity index is 2.08. The summed E-state index contributed by atoms with van der Waals surface area (Å²) in [4.78, 5) is 30.7. The molecule has 0 spiro atoms. The quantitative estimate of drug-likeness (QED) is 0.478. The Morgan fingerprint density at radius 1 is 1.17 bits per heavy atom. The molecule has 1 aliphatic carbocycles. The fourth-order valence-corrected chi connectivity index (χ4v) is 4.24. The van der Waals surface area contributed by atoms with Crippen molar-refractivity contribution in [3.63, 3.8) is 0 Å². The van der Waals surface area contributed by atoms with Crippen LogP contribution in [0, 0.1) is 5.92 Å². The van der Waals surface area contributed by atoms with Crippen LogP contribution in [0.15, 0.2) is 34.5 Å². The zero-order valence-corrected chi connectivity index (χ0v) is 18.0. The highest BCUT2D eigenvalue weighted by Gasteiger charge is 2.44. The summed E-state index contributed by atoms with van der Waals surface area (Å²) in [5.41, 5.74) is 2.71. The smallest absolute Gasteiger partial charge is 0.315 e. The summed E-state index contributed by atoms with van der Waals surface area (Å²) in [6.45, 7) is 4.73. The van der Waals surface area contributed by atoms with Crippen LogP contribution in [0.25, 0.3) is 0 Å². The minimum atomic E-state index is -0.714. The highest BCUT2D eigenvalue weighted by Crippen LogP contribution is 2.48. The van der Waals surface area contributed by atoms with E-state index >= 15 is 0 Å². The van der Waals surface area contributed by atoms with Gasteiger partial charge in [-0.25, -0.2) is 0 Å². The van der Waals surface area contributed by atoms with Crippen molar-refractivity contribution in [2.75, 3.05) is 34.0 Å². The molecule has 30 heavy (non-hydrogen) atoms. The summed E-state index contributed by atoms with van der Waals surface area (Å²) in [6, 6.07) is 5.50. The second-order valence-electron chi connectivity index (χ2n) is 7.29. The molecule has 1 aromatic rings. The maximum absolute atomic E-state index is 13.1. The van der Waals surface area contributed by atoms with Gasteiger partial charge in [-0.05, 0) is 32.8 Å². The third-order valence-corrected chi connectivity index (χ3v) is 5.53. The summed E-state index contributed by atoms with van der Waals surface area (Å²) in [5, 5.41) is 0. The van der Waals surface area contributed by atoms with Crippen molar-refractivity contribution in [3.05, 3.63) is 35.0 Å². The van der Waals surface area contributed by atoms with Crippen LogP contribution < -0.4 is 9.47 Å². The van der Waals surface area contributed by atoms with E-state index in [2.05, 4.69) is 4.99 Å². The number of Topliss-reactive ketones (excluding diaryl/α,β-unsaturated/α-hetero) is 1. The lowest BCUT2D eigenvalue weighted by Gasteiger charge is -2.35. The maximum atomic E-state index is 13.1. The first kappa shape index (κ1) is 22.0. The molecular weight excluding hydrogens is 386 g/mol. The van der Waals surface area contributed by atoms with Crippen molar-refractivity contribution < 1.29 is 28.5 Å². The molecule has 1 aliphatic heterocycles. The average molecular weight is 415 g/mol. The molecule has 1 aromatic carbocycles. The Bertz CT molecular complexity index is 872. The second-order valence-corrected chi connectivity index (χ2v) is 7.29. The molecule has 1 heterocycles. The third-order valence-electron chi connectivity index (χ3n) is 5.53. The molecule has 2 atom stereocenters. The van der Waals surface area contributed by atoms with E-state index in [1.54, 1.807) is 20.3 Å². The Kier molecular flexibility index (Phi) is 7.26. The monoisotopic (exact) mass is 415 g/mol. The second kappa shape index (κ2) is 9.89. The van der Waals surface area contributed by atoms with Crippen molar-refractivity contribution in [2.24, 2.45) is 10.9 Å². The topological polar surface area (TPSA) is 83.4 Å². The number of hydrogen-bond acceptors (Lipinski definition) is 7. The zero-order valence-electron chi connectivity index (χ0n) is 18.0. The van der Waals surface area contributed by atoms with Gasteiger partial charge in [0.2, 0.25) is 0 Å². The first-order valence-corrected chi connectivity index (χ1v) is 10.3. The lowest BCUT2D eigenvalue weighted by atomic mass is 9.71. The molecule has 7 heteroatoms. The number of esters is 1. The number of benzene rings is 1. The molecule has 0 amide bonds. The van der Waals surface area contributed by atoms with Crippen molar-refractivity contribution in [1.29, 1.82) is 0 Å². The van der Waals surface area contributed by atoms with Crippen molar-refractivity contribution in [3.8, 4) is 11.5 Å². The maximum Gasteiger partial charge on any atom is 0.315 e. The van der Waals surface area contributed by atoms with Gasteiger partial charge in [-0.3, -0.25) is 14.6 Å². The molecule has 162 valence electrons. The molecule has 1 unspecified atom stereocenters. The van der Waals surface area contributed by atoms with E-state index in [9.17, 15) is 9.59 Å². The zero-order chi connectivity index (χ0) is 21.7. The lowest BCUT2D eigenvalue weighted by molar-refractivity contribution is -0.148. The van der Waals surface area contributed by atoms with Gasteiger partial charge in [0.1, 0.15) is 12.5 Å². The number of carbonyl (C=O) groups excluding carboxylic acids is 2. The van der Waals surface area contributed by atoms with Crippen LogP contribution in [0.5, 0.6) is 11.5 Å². The van der Waals surface area contributed by atoms with E-state index in [0.717, 1.165) is 17.7 Å². The molecule has 0 fully saturated rings. The minimum Gasteiger partial charge on any atom is -0.493 e. The summed E-state index contributed by atoms with van der Waals surface area (Å²) in [7, 11) is 3.11.